The van der Waals surface area contributed by atoms with Crippen molar-refractivity contribution in [3.63, 3.8) is 0 Å². The van der Waals surface area contributed by atoms with E-state index in [2.05, 4.69) is 56.4 Å². The molecule has 11 nitrogen and oxygen atoms in total. The molecule has 0 bridgehead atoms. The molecular weight excluding hydrogens is 759 g/mol. The highest BCUT2D eigenvalue weighted by Gasteiger charge is 2.19. The van der Waals surface area contributed by atoms with Gasteiger partial charge in [-0.15, -0.1) is 0 Å². The number of H-pyrrole nitrogens is 2. The number of carboxylic acids is 1. The quantitative estimate of drug-likeness (QED) is 0.124. The highest BCUT2D eigenvalue weighted by atomic mass is 79.9. The fraction of sp³-hybridized carbons (Fsp3) is 0.300. The van der Waals surface area contributed by atoms with Gasteiger partial charge in [0, 0.05) is 30.5 Å². The fourth-order valence-corrected chi connectivity index (χ4v) is 5.25. The maximum Gasteiger partial charge on any atom is 0.338 e. The Morgan fingerprint density at radius 2 is 1.27 bits per heavy atom. The highest BCUT2D eigenvalue weighted by molar-refractivity contribution is 9.08. The summed E-state index contributed by atoms with van der Waals surface area (Å²) in [4.78, 5) is 32.6. The summed E-state index contributed by atoms with van der Waals surface area (Å²) < 4.78 is 13.8. The first-order chi connectivity index (χ1) is 21.2. The predicted octanol–water partition coefficient (Wildman–Crippen LogP) is 8.08. The lowest BCUT2D eigenvalue weighted by Gasteiger charge is -2.10. The van der Waals surface area contributed by atoms with E-state index in [0.717, 1.165) is 39.1 Å². The Balaban J connectivity index is 0.000000274. The van der Waals surface area contributed by atoms with E-state index in [0.29, 0.717) is 44.6 Å². The van der Waals surface area contributed by atoms with E-state index in [9.17, 15) is 19.5 Å². The van der Waals surface area contributed by atoms with Crippen LogP contribution in [0.5, 0.6) is 0 Å². The Kier molecular flexibility index (Phi) is 14.7. The highest BCUT2D eigenvalue weighted by Crippen LogP contribution is 2.34. The van der Waals surface area contributed by atoms with Crippen molar-refractivity contribution in [3.05, 3.63) is 79.1 Å². The van der Waals surface area contributed by atoms with Crippen LogP contribution in [0.15, 0.2) is 24.3 Å². The molecule has 0 aliphatic carbocycles. The number of ether oxygens (including phenoxy) is 2. The van der Waals surface area contributed by atoms with Crippen molar-refractivity contribution in [3.8, 4) is 22.5 Å². The third kappa shape index (κ3) is 9.63. The molecule has 0 atom stereocenters. The average molecular weight is 791 g/mol. The minimum Gasteiger partial charge on any atom is -0.478 e. The number of aromatic carboxylic acids is 1. The Hall–Kier alpha value is -3.23. The van der Waals surface area contributed by atoms with E-state index in [1.54, 1.807) is 26.2 Å². The molecule has 0 fully saturated rings. The molecule has 2 aromatic heterocycles. The summed E-state index contributed by atoms with van der Waals surface area (Å²) in [5.74, 6) is -1.66. The van der Waals surface area contributed by atoms with Crippen molar-refractivity contribution in [2.75, 3.05) is 14.2 Å². The minimum atomic E-state index is -0.953. The molecule has 0 aliphatic rings. The van der Waals surface area contributed by atoms with Gasteiger partial charge in [-0.2, -0.15) is 10.2 Å². The number of carbonyl (C=O) groups excluding carboxylic acids is 2. The number of benzene rings is 2. The summed E-state index contributed by atoms with van der Waals surface area (Å²) in [6, 6.07) is 7.13. The number of aromatic nitrogens is 4. The number of alkyl halides is 1. The van der Waals surface area contributed by atoms with Gasteiger partial charge in [0.15, 0.2) is 16.3 Å². The molecule has 0 saturated heterocycles. The van der Waals surface area contributed by atoms with E-state index >= 15 is 0 Å². The first kappa shape index (κ1) is 38.0. The Labute approximate surface area is 287 Å². The summed E-state index contributed by atoms with van der Waals surface area (Å²) in [7, 11) is 2.95. The van der Waals surface area contributed by atoms with E-state index in [1.807, 2.05) is 32.9 Å². The number of nitrogens with one attached hydrogen (secondary N) is 2. The van der Waals surface area contributed by atoms with Gasteiger partial charge in [-0.25, -0.2) is 9.59 Å². The summed E-state index contributed by atoms with van der Waals surface area (Å²) in [6.07, 6.45) is 0. The van der Waals surface area contributed by atoms with E-state index in [-0.39, 0.29) is 17.5 Å². The first-order valence-electron chi connectivity index (χ1n) is 13.1. The van der Waals surface area contributed by atoms with Gasteiger partial charge >= 0.3 is 17.9 Å². The van der Waals surface area contributed by atoms with Crippen LogP contribution >= 0.6 is 55.4 Å². The van der Waals surface area contributed by atoms with Crippen LogP contribution < -0.4 is 0 Å². The van der Waals surface area contributed by atoms with Crippen LogP contribution in [0.4, 0.5) is 0 Å². The molecule has 0 spiro atoms. The molecule has 0 saturated carbocycles. The number of methoxy groups -OCH3 is 2. The summed E-state index contributed by atoms with van der Waals surface area (Å²) in [5, 5.41) is 24.9. The third-order valence-electron chi connectivity index (χ3n) is 6.37. The zero-order chi connectivity index (χ0) is 34.0. The molecule has 242 valence electrons. The standard InChI is InChI=1S/C15H17ClN2O3.C13H12BrClN2O2.C2H3BrO2/c1-8-5-9(2)11(15(19)21-4)6-10(8)14-13(16)12(7-20-3)17-18-14;1-6-3-7(2)9(13(18)19)4-8(6)12-11(15)10(5-14)16-17-12;1-2(4)5-3/h5-6H,7H2,1-4H3,(H,17,18);3-4H,5H2,1-2H3,(H,16,17)(H,18,19);1H3. The lowest BCUT2D eigenvalue weighted by molar-refractivity contribution is -0.129. The second-order valence-electron chi connectivity index (χ2n) is 9.63. The zero-order valence-corrected chi connectivity index (χ0v) is 30.2. The van der Waals surface area contributed by atoms with Crippen LogP contribution in [0.3, 0.4) is 0 Å². The molecule has 4 aromatic rings. The first-order valence-corrected chi connectivity index (χ1v) is 15.6. The number of esters is 1. The lowest BCUT2D eigenvalue weighted by atomic mass is 9.98. The van der Waals surface area contributed by atoms with Gasteiger partial charge in [-0.05, 0) is 62.1 Å². The molecule has 0 amide bonds. The number of aryl methyl sites for hydroxylation is 4. The van der Waals surface area contributed by atoms with Gasteiger partial charge in [0.2, 0.25) is 0 Å². The van der Waals surface area contributed by atoms with Crippen LogP contribution in [0, 0.1) is 27.7 Å². The van der Waals surface area contributed by atoms with Crippen LogP contribution in [-0.4, -0.2) is 57.6 Å². The van der Waals surface area contributed by atoms with Crippen molar-refractivity contribution < 1.29 is 32.8 Å². The van der Waals surface area contributed by atoms with Gasteiger partial charge in [0.1, 0.15) is 11.4 Å². The Bertz CT molecular complexity index is 1690. The molecule has 3 N–H and O–H groups in total. The second-order valence-corrected chi connectivity index (χ2v) is 11.3. The molecule has 45 heavy (non-hydrogen) atoms. The number of aromatic amines is 2. The molecule has 0 unspecified atom stereocenters. The van der Waals surface area contributed by atoms with Crippen LogP contribution in [0.2, 0.25) is 10.0 Å². The number of rotatable bonds is 7. The van der Waals surface area contributed by atoms with Gasteiger partial charge in [0.25, 0.3) is 0 Å². The van der Waals surface area contributed by atoms with Crippen LogP contribution in [-0.2, 0) is 30.0 Å². The van der Waals surface area contributed by atoms with Crippen molar-refractivity contribution in [1.29, 1.82) is 0 Å². The van der Waals surface area contributed by atoms with Crippen LogP contribution in [0.1, 0.15) is 61.3 Å². The summed E-state index contributed by atoms with van der Waals surface area (Å²) in [5.41, 5.74) is 8.46. The monoisotopic (exact) mass is 788 g/mol. The smallest absolute Gasteiger partial charge is 0.338 e. The SMILES string of the molecule is CC(=O)OBr.COCc1[nH]nc(-c2cc(C(=O)OC)c(C)cc2C)c1Cl.Cc1cc(C)c(-c2n[nH]c(CBr)c2Cl)cc1C(=O)O. The Morgan fingerprint density at radius 3 is 1.67 bits per heavy atom. The van der Waals surface area contributed by atoms with Crippen molar-refractivity contribution >= 4 is 73.3 Å². The summed E-state index contributed by atoms with van der Waals surface area (Å²) >= 11 is 18.3. The van der Waals surface area contributed by atoms with Gasteiger partial charge in [-0.3, -0.25) is 15.0 Å². The fourth-order valence-electron chi connectivity index (χ4n) is 4.19. The van der Waals surface area contributed by atoms with E-state index in [4.69, 9.17) is 32.7 Å². The van der Waals surface area contributed by atoms with Gasteiger partial charge in [0.05, 0.1) is 46.3 Å². The van der Waals surface area contributed by atoms with Gasteiger partial charge in [-0.1, -0.05) is 51.3 Å². The minimum absolute atomic E-state index is 0.264. The number of halogens is 4. The molecule has 2 heterocycles. The molecule has 0 aliphatic heterocycles. The van der Waals surface area contributed by atoms with Crippen molar-refractivity contribution in [2.45, 2.75) is 46.6 Å². The number of carbonyl (C=O) groups is 3. The molecule has 0 radical (unpaired) electrons. The normalized spacial score (nSPS) is 10.3. The lowest BCUT2D eigenvalue weighted by Crippen LogP contribution is -2.05. The second kappa shape index (κ2) is 17.5. The van der Waals surface area contributed by atoms with Gasteiger partial charge < -0.3 is 18.4 Å². The number of nitrogens with zero attached hydrogens (tertiary/aromatic N) is 2. The van der Waals surface area contributed by atoms with Crippen molar-refractivity contribution in [1.82, 2.24) is 20.4 Å². The van der Waals surface area contributed by atoms with Crippen molar-refractivity contribution in [2.24, 2.45) is 0 Å². The molecule has 4 rings (SSSR count). The Morgan fingerprint density at radius 1 is 0.822 bits per heavy atom. The molecular formula is C30H32Br2Cl2N4O7. The predicted molar refractivity (Wildman–Crippen MR) is 179 cm³/mol. The molecule has 15 heteroatoms. The maximum absolute atomic E-state index is 11.8. The van der Waals surface area contributed by atoms with E-state index < -0.39 is 5.97 Å². The maximum atomic E-state index is 11.8. The third-order valence-corrected chi connectivity index (χ3v) is 8.20. The number of carboxylic acid groups (broad SMARTS) is 1. The summed E-state index contributed by atoms with van der Waals surface area (Å²) in [6.45, 7) is 9.16. The zero-order valence-electron chi connectivity index (χ0n) is 25.5. The topological polar surface area (TPSA) is 156 Å². The number of hydrogen-bond donors (Lipinski definition) is 3. The molecule has 2 aromatic carbocycles. The van der Waals surface area contributed by atoms with Crippen LogP contribution in [0.25, 0.3) is 22.5 Å². The number of hydrogen-bond acceptors (Lipinski definition) is 8. The largest absolute Gasteiger partial charge is 0.478 e. The average Bonchev–Trinajstić information content (AvgIpc) is 3.54. The van der Waals surface area contributed by atoms with E-state index in [1.165, 1.54) is 14.0 Å².